The normalized spacial score (nSPS) is 19.5. The van der Waals surface area contributed by atoms with E-state index in [4.69, 9.17) is 0 Å². The van der Waals surface area contributed by atoms with E-state index in [0.29, 0.717) is 0 Å². The quantitative estimate of drug-likeness (QED) is 0.494. The SMILES string of the molecule is O=S(=O)([O-])C(F)(C(F)C(F)(F)F)C(F)(F)C(F)(F)C(F)(F)C(F)(F)F. The zero-order chi connectivity index (χ0) is 21.1. The van der Waals surface area contributed by atoms with Gasteiger partial charge in [0, 0.05) is 0 Å². The molecule has 0 fully saturated rings. The first-order valence-electron chi connectivity index (χ1n) is 4.96. The average molecular weight is 431 g/mol. The average Bonchev–Trinajstić information content (AvgIpc) is 2.32. The van der Waals surface area contributed by atoms with Gasteiger partial charge in [-0.1, -0.05) is 0 Å². The van der Waals surface area contributed by atoms with E-state index >= 15 is 0 Å². The zero-order valence-corrected chi connectivity index (χ0v) is 11.3. The van der Waals surface area contributed by atoms with Crippen LogP contribution in [0.3, 0.4) is 0 Å². The van der Waals surface area contributed by atoms with Crippen molar-refractivity contribution >= 4 is 10.1 Å². The van der Waals surface area contributed by atoms with Gasteiger partial charge in [-0.3, -0.25) is 0 Å². The van der Waals surface area contributed by atoms with Gasteiger partial charge in [0.25, 0.3) is 0 Å². The minimum absolute atomic E-state index is 6.40. The third kappa shape index (κ3) is 3.21. The van der Waals surface area contributed by atoms with Crippen LogP contribution in [0, 0.1) is 0 Å². The molecule has 2 atom stereocenters. The van der Waals surface area contributed by atoms with Crippen molar-refractivity contribution in [3.05, 3.63) is 0 Å². The lowest BCUT2D eigenvalue weighted by Gasteiger charge is -2.42. The van der Waals surface area contributed by atoms with Crippen LogP contribution in [0.25, 0.3) is 0 Å². The second-order valence-corrected chi connectivity index (χ2v) is 5.73. The second-order valence-electron chi connectivity index (χ2n) is 4.22. The molecular formula is C7HF14O3S-. The Balaban J connectivity index is 6.87. The minimum Gasteiger partial charge on any atom is -0.745 e. The lowest BCUT2D eigenvalue weighted by molar-refractivity contribution is -0.412. The van der Waals surface area contributed by atoms with Crippen LogP contribution in [0.4, 0.5) is 61.5 Å². The van der Waals surface area contributed by atoms with E-state index in [-0.39, 0.29) is 0 Å². The van der Waals surface area contributed by atoms with Gasteiger partial charge in [-0.15, -0.1) is 0 Å². The summed E-state index contributed by atoms with van der Waals surface area (Å²) in [6, 6.07) is 0. The highest BCUT2D eigenvalue weighted by molar-refractivity contribution is 7.87. The van der Waals surface area contributed by atoms with Gasteiger partial charge in [-0.05, 0) is 0 Å². The molecule has 0 aliphatic rings. The standard InChI is InChI=1S/C7H2F14O3S/c8-1(3(10,11)12)2(9,25(22,23)24)4(13,14)5(15,16)6(17,18)7(19,20)21/h1H,(H,22,23,24)/p-1. The predicted molar refractivity (Wildman–Crippen MR) is 45.4 cm³/mol. The molecule has 152 valence electrons. The van der Waals surface area contributed by atoms with Crippen molar-refractivity contribution in [3.8, 4) is 0 Å². The molecule has 0 N–H and O–H groups in total. The fourth-order valence-electron chi connectivity index (χ4n) is 1.24. The van der Waals surface area contributed by atoms with Crippen molar-refractivity contribution in [3.63, 3.8) is 0 Å². The molecule has 0 aliphatic heterocycles. The molecule has 0 radical (unpaired) electrons. The summed E-state index contributed by atoms with van der Waals surface area (Å²) in [5.41, 5.74) is 0. The zero-order valence-electron chi connectivity index (χ0n) is 10.5. The van der Waals surface area contributed by atoms with E-state index in [1.165, 1.54) is 0 Å². The molecule has 0 saturated heterocycles. The molecule has 0 amide bonds. The fourth-order valence-corrected chi connectivity index (χ4v) is 2.07. The van der Waals surface area contributed by atoms with Gasteiger partial charge in [-0.2, -0.15) is 52.7 Å². The Morgan fingerprint density at radius 2 is 0.960 bits per heavy atom. The van der Waals surface area contributed by atoms with Crippen molar-refractivity contribution in [2.75, 3.05) is 0 Å². The van der Waals surface area contributed by atoms with Crippen LogP contribution in [0.2, 0.25) is 0 Å². The highest BCUT2D eigenvalue weighted by atomic mass is 32.2. The van der Waals surface area contributed by atoms with E-state index in [2.05, 4.69) is 0 Å². The summed E-state index contributed by atoms with van der Waals surface area (Å²) in [4.78, 5) is 0. The summed E-state index contributed by atoms with van der Waals surface area (Å²) in [5.74, 6) is -24.7. The maximum Gasteiger partial charge on any atom is 0.460 e. The Labute approximate surface area is 127 Å². The monoisotopic (exact) mass is 431 g/mol. The number of rotatable bonds is 5. The van der Waals surface area contributed by atoms with Crippen molar-refractivity contribution < 1.29 is 74.4 Å². The van der Waals surface area contributed by atoms with Gasteiger partial charge in [-0.25, -0.2) is 17.2 Å². The number of hydrogen-bond acceptors (Lipinski definition) is 3. The number of halogens is 14. The first kappa shape index (κ1) is 23.9. The molecule has 18 heteroatoms. The van der Waals surface area contributed by atoms with Crippen LogP contribution in [-0.4, -0.2) is 54.3 Å². The lowest BCUT2D eigenvalue weighted by Crippen LogP contribution is -2.73. The van der Waals surface area contributed by atoms with E-state index in [1.807, 2.05) is 0 Å². The summed E-state index contributed by atoms with van der Waals surface area (Å²) in [5, 5.41) is -7.75. The molecule has 0 spiro atoms. The highest BCUT2D eigenvalue weighted by Gasteiger charge is 2.90. The molecule has 0 aromatic carbocycles. The third-order valence-corrected chi connectivity index (χ3v) is 3.74. The minimum atomic E-state index is -8.32. The van der Waals surface area contributed by atoms with E-state index in [0.717, 1.165) is 0 Å². The maximum atomic E-state index is 13.5. The molecule has 0 aromatic rings. The highest BCUT2D eigenvalue weighted by Crippen LogP contribution is 2.60. The Morgan fingerprint density at radius 1 is 0.640 bits per heavy atom. The molecule has 3 nitrogen and oxygen atoms in total. The summed E-state index contributed by atoms with van der Waals surface area (Å²) < 4.78 is 205. The van der Waals surface area contributed by atoms with Crippen LogP contribution >= 0.6 is 0 Å². The van der Waals surface area contributed by atoms with Crippen LogP contribution in [0.5, 0.6) is 0 Å². The summed E-state index contributed by atoms with van der Waals surface area (Å²) in [6.07, 6.45) is -21.3. The van der Waals surface area contributed by atoms with Crippen LogP contribution in [0.15, 0.2) is 0 Å². The van der Waals surface area contributed by atoms with E-state index in [9.17, 15) is 74.4 Å². The molecule has 0 heterocycles. The largest absolute Gasteiger partial charge is 0.745 e. The Morgan fingerprint density at radius 3 is 1.16 bits per heavy atom. The van der Waals surface area contributed by atoms with Gasteiger partial charge < -0.3 is 4.55 Å². The van der Waals surface area contributed by atoms with Gasteiger partial charge >= 0.3 is 35.1 Å². The second kappa shape index (κ2) is 5.71. The topological polar surface area (TPSA) is 57.2 Å². The van der Waals surface area contributed by atoms with E-state index in [1.54, 1.807) is 0 Å². The summed E-state index contributed by atoms with van der Waals surface area (Å²) >= 11 is 0. The molecule has 2 unspecified atom stereocenters. The van der Waals surface area contributed by atoms with Crippen molar-refractivity contribution in [1.29, 1.82) is 0 Å². The molecule has 0 bridgehead atoms. The fraction of sp³-hybridized carbons (Fsp3) is 1.00. The van der Waals surface area contributed by atoms with Crippen molar-refractivity contribution in [2.45, 2.75) is 41.3 Å². The first-order valence-corrected chi connectivity index (χ1v) is 6.36. The Hall–Kier alpha value is -1.07. The van der Waals surface area contributed by atoms with Gasteiger partial charge in [0.2, 0.25) is 6.17 Å². The Bertz CT molecular complexity index is 603. The molecule has 0 saturated carbocycles. The first-order chi connectivity index (χ1) is 10.4. The molecule has 25 heavy (non-hydrogen) atoms. The summed E-state index contributed by atoms with van der Waals surface area (Å²) in [7, 11) is -8.24. The smallest absolute Gasteiger partial charge is 0.460 e. The van der Waals surface area contributed by atoms with Crippen molar-refractivity contribution in [1.82, 2.24) is 0 Å². The molecular weight excluding hydrogens is 430 g/mol. The van der Waals surface area contributed by atoms with Crippen LogP contribution in [0.1, 0.15) is 0 Å². The predicted octanol–water partition coefficient (Wildman–Crippen LogP) is 3.57. The number of hydrogen-bond donors (Lipinski definition) is 0. The van der Waals surface area contributed by atoms with Crippen molar-refractivity contribution in [2.24, 2.45) is 0 Å². The Kier molecular flexibility index (Phi) is 5.47. The molecule has 0 rings (SSSR count). The summed E-state index contributed by atoms with van der Waals surface area (Å²) in [6.45, 7) is 0. The van der Waals surface area contributed by atoms with Gasteiger partial charge in [0.15, 0.2) is 0 Å². The third-order valence-electron chi connectivity index (χ3n) is 2.55. The van der Waals surface area contributed by atoms with Crippen LogP contribution < -0.4 is 0 Å². The van der Waals surface area contributed by atoms with Gasteiger partial charge in [0.05, 0.1) is 0 Å². The molecule has 0 aliphatic carbocycles. The van der Waals surface area contributed by atoms with Crippen LogP contribution in [-0.2, 0) is 10.1 Å². The number of alkyl halides is 14. The lowest BCUT2D eigenvalue weighted by atomic mass is 9.96. The van der Waals surface area contributed by atoms with E-state index < -0.39 is 51.4 Å². The van der Waals surface area contributed by atoms with Gasteiger partial charge in [0.1, 0.15) is 10.1 Å². The maximum absolute atomic E-state index is 13.5. The molecule has 0 aromatic heterocycles.